The molecule has 1 aliphatic heterocycles. The molecule has 0 aromatic rings. The molecule has 1 heterocycles. The summed E-state index contributed by atoms with van der Waals surface area (Å²) in [6, 6.07) is -1.18. The van der Waals surface area contributed by atoms with Gasteiger partial charge in [0.05, 0.1) is 0 Å². The summed E-state index contributed by atoms with van der Waals surface area (Å²) in [5.41, 5.74) is 0. The summed E-state index contributed by atoms with van der Waals surface area (Å²) in [6.45, 7) is 4.25. The molecule has 0 aliphatic carbocycles. The van der Waals surface area contributed by atoms with Crippen LogP contribution in [0.5, 0.6) is 0 Å². The van der Waals surface area contributed by atoms with Crippen LogP contribution in [-0.2, 0) is 12.7 Å². The lowest BCUT2D eigenvalue weighted by Gasteiger charge is -2.44. The fourth-order valence-corrected chi connectivity index (χ4v) is 18.4. The second kappa shape index (κ2) is 10.4. The first-order valence-electron chi connectivity index (χ1n) is 9.99. The van der Waals surface area contributed by atoms with E-state index in [9.17, 15) is 39.5 Å². The summed E-state index contributed by atoms with van der Waals surface area (Å²) in [6.07, 6.45) is -16.3. The van der Waals surface area contributed by atoms with Gasteiger partial charge in [-0.3, -0.25) is 0 Å². The summed E-state index contributed by atoms with van der Waals surface area (Å²) < 4.78 is 133. The van der Waals surface area contributed by atoms with Gasteiger partial charge in [0, 0.05) is 25.9 Å². The van der Waals surface area contributed by atoms with Crippen LogP contribution in [0.15, 0.2) is 0 Å². The minimum absolute atomic E-state index is 0.0497. The normalized spacial score (nSPS) is 32.1. The molecule has 0 saturated carbocycles. The molecule has 3 nitrogen and oxygen atoms in total. The highest BCUT2D eigenvalue weighted by Crippen LogP contribution is 2.38. The van der Waals surface area contributed by atoms with Crippen LogP contribution in [0.3, 0.4) is 0 Å². The maximum absolute atomic E-state index is 12.9. The molecule has 1 fully saturated rings. The van der Waals surface area contributed by atoms with Crippen LogP contribution in [0.25, 0.3) is 0 Å². The maximum Gasteiger partial charge on any atom is 0.389 e. The summed E-state index contributed by atoms with van der Waals surface area (Å²) in [4.78, 5) is 0. The largest absolute Gasteiger partial charge is 0.436 e. The van der Waals surface area contributed by atoms with E-state index in [1.807, 2.05) is 0 Å². The highest BCUT2D eigenvalue weighted by atomic mass is 28.5. The number of hydrogen-bond donors (Lipinski definition) is 0. The first-order chi connectivity index (χ1) is 13.7. The summed E-state index contributed by atoms with van der Waals surface area (Å²) in [5.74, 6) is 0. The third-order valence-electron chi connectivity index (χ3n) is 5.06. The molecule has 1 aliphatic rings. The zero-order chi connectivity index (χ0) is 24.2. The number of hydrogen-bond acceptors (Lipinski definition) is 3. The van der Waals surface area contributed by atoms with E-state index in [-0.39, 0.29) is 18.7 Å². The zero-order valence-corrected chi connectivity index (χ0v) is 20.7. The average Bonchev–Trinajstić information content (AvgIpc) is 2.54. The van der Waals surface area contributed by atoms with E-state index >= 15 is 0 Å². The average molecular weight is 525 g/mol. The third-order valence-corrected chi connectivity index (χ3v) is 18.1. The molecule has 0 bridgehead atoms. The predicted molar refractivity (Wildman–Crippen MR) is 103 cm³/mol. The van der Waals surface area contributed by atoms with Crippen molar-refractivity contribution in [1.29, 1.82) is 0 Å². The van der Waals surface area contributed by atoms with Crippen molar-refractivity contribution >= 4 is 25.4 Å². The van der Waals surface area contributed by atoms with E-state index in [2.05, 4.69) is 0 Å². The first kappa shape index (κ1) is 28.9. The molecule has 186 valence electrons. The van der Waals surface area contributed by atoms with Crippen LogP contribution in [0, 0.1) is 0 Å². The van der Waals surface area contributed by atoms with Gasteiger partial charge in [-0.05, 0) is 50.2 Å². The van der Waals surface area contributed by atoms with Crippen LogP contribution < -0.4 is 0 Å². The summed E-state index contributed by atoms with van der Waals surface area (Å²) in [7, 11) is -10.5. The van der Waals surface area contributed by atoms with Gasteiger partial charge < -0.3 is 12.7 Å². The van der Waals surface area contributed by atoms with Crippen molar-refractivity contribution in [3.63, 3.8) is 0 Å². The van der Waals surface area contributed by atoms with Crippen molar-refractivity contribution < 1.29 is 52.2 Å². The van der Waals surface area contributed by atoms with Gasteiger partial charge in [0.25, 0.3) is 0 Å². The van der Waals surface area contributed by atoms with Gasteiger partial charge in [-0.15, -0.1) is 0 Å². The van der Waals surface area contributed by atoms with Gasteiger partial charge in [0.1, 0.15) is 0 Å². The van der Waals surface area contributed by atoms with Crippen molar-refractivity contribution in [1.82, 2.24) is 0 Å². The molecular weight excluding hydrogens is 495 g/mol. The number of alkyl halides is 9. The molecule has 0 N–H and O–H groups in total. The van der Waals surface area contributed by atoms with Crippen LogP contribution in [-0.4, -0.2) is 50.6 Å². The Hall–Kier alpha value is -0.0994. The molecule has 0 spiro atoms. The van der Waals surface area contributed by atoms with Crippen molar-refractivity contribution in [2.45, 2.75) is 94.5 Å². The standard InChI is InChI=1S/C16H29F9O3Si3/c1-29(11-6-14(17,18)19)10-5-4-9-26-30(2,12-7-15(20,21)22)28-31(3,27-29)13-8-16(23,24)25/h4-13H2,1-3H3. The van der Waals surface area contributed by atoms with E-state index in [0.29, 0.717) is 12.8 Å². The summed E-state index contributed by atoms with van der Waals surface area (Å²) in [5, 5.41) is 0. The zero-order valence-electron chi connectivity index (χ0n) is 17.7. The molecule has 1 rings (SSSR count). The number of rotatable bonds is 6. The molecular formula is C16H29F9O3Si3. The Balaban J connectivity index is 3.18. The van der Waals surface area contributed by atoms with Gasteiger partial charge in [0.2, 0.25) is 0 Å². The molecule has 15 heteroatoms. The molecule has 0 amide bonds. The van der Waals surface area contributed by atoms with Crippen LogP contribution >= 0.6 is 0 Å². The summed E-state index contributed by atoms with van der Waals surface area (Å²) >= 11 is 0. The van der Waals surface area contributed by atoms with Crippen molar-refractivity contribution in [2.24, 2.45) is 0 Å². The fourth-order valence-electron chi connectivity index (χ4n) is 3.51. The topological polar surface area (TPSA) is 27.7 Å². The van der Waals surface area contributed by atoms with Crippen molar-refractivity contribution in [3.8, 4) is 0 Å². The molecule has 0 aromatic carbocycles. The lowest BCUT2D eigenvalue weighted by atomic mass is 10.4. The smallest absolute Gasteiger partial charge is 0.389 e. The number of halogens is 9. The van der Waals surface area contributed by atoms with Crippen molar-refractivity contribution in [3.05, 3.63) is 0 Å². The molecule has 3 unspecified atom stereocenters. The Morgan fingerprint density at radius 2 is 1.06 bits per heavy atom. The fraction of sp³-hybridized carbons (Fsp3) is 1.00. The first-order valence-corrected chi connectivity index (χ1v) is 17.9. The lowest BCUT2D eigenvalue weighted by Crippen LogP contribution is -2.58. The van der Waals surface area contributed by atoms with E-state index in [1.54, 1.807) is 0 Å². The Morgan fingerprint density at radius 3 is 1.55 bits per heavy atom. The van der Waals surface area contributed by atoms with Gasteiger partial charge >= 0.3 is 35.7 Å². The van der Waals surface area contributed by atoms with Gasteiger partial charge in [0.15, 0.2) is 8.32 Å². The van der Waals surface area contributed by atoms with E-state index < -0.39 is 75.3 Å². The Kier molecular flexibility index (Phi) is 9.75. The van der Waals surface area contributed by atoms with Gasteiger partial charge in [-0.25, -0.2) is 0 Å². The van der Waals surface area contributed by atoms with E-state index in [4.69, 9.17) is 12.7 Å². The highest BCUT2D eigenvalue weighted by Gasteiger charge is 2.50. The second-order valence-electron chi connectivity index (χ2n) is 8.57. The van der Waals surface area contributed by atoms with Crippen LogP contribution in [0.2, 0.25) is 43.8 Å². The van der Waals surface area contributed by atoms with Crippen molar-refractivity contribution in [2.75, 3.05) is 6.61 Å². The second-order valence-corrected chi connectivity index (χ2v) is 19.9. The van der Waals surface area contributed by atoms with Gasteiger partial charge in [-0.2, -0.15) is 39.5 Å². The minimum Gasteiger partial charge on any atom is -0.436 e. The SMILES string of the molecule is C[Si]1(CCC(F)(F)F)CCCCO[Si](C)(CCC(F)(F)F)O[Si](C)(CCC(F)(F)F)O1. The monoisotopic (exact) mass is 524 g/mol. The van der Waals surface area contributed by atoms with Gasteiger partial charge in [-0.1, -0.05) is 6.42 Å². The Bertz CT molecular complexity index is 535. The quantitative estimate of drug-likeness (QED) is 0.268. The van der Waals surface area contributed by atoms with Crippen LogP contribution in [0.4, 0.5) is 39.5 Å². The minimum atomic E-state index is -4.56. The maximum atomic E-state index is 12.9. The molecule has 0 aromatic heterocycles. The molecule has 0 radical (unpaired) electrons. The predicted octanol–water partition coefficient (Wildman–Crippen LogP) is 7.41. The molecule has 3 atom stereocenters. The molecule has 31 heavy (non-hydrogen) atoms. The van der Waals surface area contributed by atoms with E-state index in [0.717, 1.165) is 0 Å². The Morgan fingerprint density at radius 1 is 0.613 bits per heavy atom. The third kappa shape index (κ3) is 12.6. The molecule has 1 saturated heterocycles. The lowest BCUT2D eigenvalue weighted by molar-refractivity contribution is -0.132. The highest BCUT2D eigenvalue weighted by molar-refractivity contribution is 6.87. The Labute approximate surface area is 179 Å². The van der Waals surface area contributed by atoms with Crippen LogP contribution in [0.1, 0.15) is 32.1 Å². The van der Waals surface area contributed by atoms with E-state index in [1.165, 1.54) is 19.6 Å².